The molecule has 0 aliphatic rings. The SMILES string of the molecule is Cc1nc(C)c2c(C)c(F)c(F)c(F)c2c1F. The van der Waals surface area contributed by atoms with E-state index in [1.807, 2.05) is 0 Å². The first-order chi connectivity index (χ1) is 7.86. The summed E-state index contributed by atoms with van der Waals surface area (Å²) in [6.07, 6.45) is 0. The Morgan fingerprint density at radius 2 is 1.24 bits per heavy atom. The van der Waals surface area contributed by atoms with Crippen molar-refractivity contribution in [2.45, 2.75) is 20.8 Å². The summed E-state index contributed by atoms with van der Waals surface area (Å²) < 4.78 is 53.9. The monoisotopic (exact) mass is 243 g/mol. The molecule has 0 N–H and O–H groups in total. The van der Waals surface area contributed by atoms with Crippen molar-refractivity contribution in [3.63, 3.8) is 0 Å². The Hall–Kier alpha value is -1.65. The molecule has 0 unspecified atom stereocenters. The molecule has 1 aromatic carbocycles. The molecular formula is C12H9F4N. The number of nitrogens with zero attached hydrogens (tertiary/aromatic N) is 1. The normalized spacial score (nSPS) is 11.2. The van der Waals surface area contributed by atoms with Crippen molar-refractivity contribution < 1.29 is 17.6 Å². The van der Waals surface area contributed by atoms with Gasteiger partial charge in [0, 0.05) is 11.1 Å². The number of benzene rings is 1. The fraction of sp³-hybridized carbons (Fsp3) is 0.250. The van der Waals surface area contributed by atoms with Crippen LogP contribution in [0.4, 0.5) is 17.6 Å². The molecule has 1 nitrogen and oxygen atoms in total. The van der Waals surface area contributed by atoms with Crippen LogP contribution in [0.15, 0.2) is 0 Å². The summed E-state index contributed by atoms with van der Waals surface area (Å²) in [7, 11) is 0. The van der Waals surface area contributed by atoms with Gasteiger partial charge in [-0.05, 0) is 26.3 Å². The lowest BCUT2D eigenvalue weighted by Gasteiger charge is -2.11. The molecule has 1 heterocycles. The first-order valence-electron chi connectivity index (χ1n) is 4.95. The minimum absolute atomic E-state index is 0.00972. The van der Waals surface area contributed by atoms with E-state index in [1.165, 1.54) is 20.8 Å². The average molecular weight is 243 g/mol. The highest BCUT2D eigenvalue weighted by Gasteiger charge is 2.23. The van der Waals surface area contributed by atoms with Gasteiger partial charge in [-0.15, -0.1) is 0 Å². The summed E-state index contributed by atoms with van der Waals surface area (Å²) in [4.78, 5) is 3.84. The lowest BCUT2D eigenvalue weighted by Crippen LogP contribution is -2.04. The lowest BCUT2D eigenvalue weighted by atomic mass is 10.0. The second-order valence-electron chi connectivity index (χ2n) is 3.91. The van der Waals surface area contributed by atoms with Crippen LogP contribution in [0.2, 0.25) is 0 Å². The second kappa shape index (κ2) is 3.68. The number of hydrogen-bond donors (Lipinski definition) is 0. The van der Waals surface area contributed by atoms with Gasteiger partial charge in [-0.1, -0.05) is 0 Å². The Balaban J connectivity index is 3.17. The van der Waals surface area contributed by atoms with Crippen LogP contribution in [0.5, 0.6) is 0 Å². The third kappa shape index (κ3) is 1.49. The molecule has 0 aliphatic heterocycles. The number of fused-ring (bicyclic) bond motifs is 1. The summed E-state index contributed by atoms with van der Waals surface area (Å²) in [5.41, 5.74) is 0.0938. The first kappa shape index (κ1) is 11.8. The maximum absolute atomic E-state index is 13.7. The molecule has 2 aromatic rings. The number of pyridine rings is 1. The third-order valence-corrected chi connectivity index (χ3v) is 2.79. The summed E-state index contributed by atoms with van der Waals surface area (Å²) in [5, 5.41) is -0.545. The molecule has 0 saturated carbocycles. The topological polar surface area (TPSA) is 12.9 Å². The van der Waals surface area contributed by atoms with Gasteiger partial charge in [0.1, 0.15) is 0 Å². The van der Waals surface area contributed by atoms with Crippen molar-refractivity contribution in [2.75, 3.05) is 0 Å². The Kier molecular flexibility index (Phi) is 2.56. The van der Waals surface area contributed by atoms with Gasteiger partial charge in [0.15, 0.2) is 23.3 Å². The van der Waals surface area contributed by atoms with Crippen LogP contribution < -0.4 is 0 Å². The molecule has 0 atom stereocenters. The Morgan fingerprint density at radius 1 is 0.647 bits per heavy atom. The minimum Gasteiger partial charge on any atom is -0.255 e. The largest absolute Gasteiger partial charge is 0.255 e. The molecule has 0 saturated heterocycles. The van der Waals surface area contributed by atoms with Gasteiger partial charge in [0.2, 0.25) is 0 Å². The molecule has 0 aliphatic carbocycles. The number of halogens is 4. The van der Waals surface area contributed by atoms with Gasteiger partial charge in [0.25, 0.3) is 0 Å². The molecule has 0 fully saturated rings. The van der Waals surface area contributed by atoms with Crippen molar-refractivity contribution >= 4 is 10.8 Å². The van der Waals surface area contributed by atoms with E-state index >= 15 is 0 Å². The van der Waals surface area contributed by atoms with Crippen LogP contribution in [0.25, 0.3) is 10.8 Å². The second-order valence-corrected chi connectivity index (χ2v) is 3.91. The van der Waals surface area contributed by atoms with Crippen molar-refractivity contribution in [3.05, 3.63) is 40.2 Å². The van der Waals surface area contributed by atoms with Crippen LogP contribution in [-0.2, 0) is 0 Å². The zero-order chi connectivity index (χ0) is 12.9. The predicted octanol–water partition coefficient (Wildman–Crippen LogP) is 3.72. The van der Waals surface area contributed by atoms with Crippen LogP contribution in [-0.4, -0.2) is 4.98 Å². The average Bonchev–Trinajstić information content (AvgIpc) is 2.28. The van der Waals surface area contributed by atoms with Gasteiger partial charge in [-0.2, -0.15) is 0 Å². The maximum atomic E-state index is 13.7. The maximum Gasteiger partial charge on any atom is 0.195 e. The van der Waals surface area contributed by atoms with E-state index in [0.29, 0.717) is 0 Å². The molecule has 1 aromatic heterocycles. The minimum atomic E-state index is -1.65. The van der Waals surface area contributed by atoms with Gasteiger partial charge >= 0.3 is 0 Å². The Bertz CT molecular complexity index is 635. The molecule has 0 radical (unpaired) electrons. The van der Waals surface area contributed by atoms with Crippen LogP contribution in [0.3, 0.4) is 0 Å². The van der Waals surface area contributed by atoms with Gasteiger partial charge in [0.05, 0.1) is 11.1 Å². The van der Waals surface area contributed by atoms with E-state index in [9.17, 15) is 17.6 Å². The van der Waals surface area contributed by atoms with Crippen LogP contribution in [0.1, 0.15) is 17.0 Å². The molecule has 90 valence electrons. The number of aromatic nitrogens is 1. The molecule has 0 bridgehead atoms. The summed E-state index contributed by atoms with van der Waals surface area (Å²) in [5.74, 6) is -5.42. The zero-order valence-corrected chi connectivity index (χ0v) is 9.46. The molecule has 0 amide bonds. The molecular weight excluding hydrogens is 234 g/mol. The van der Waals surface area contributed by atoms with Gasteiger partial charge < -0.3 is 0 Å². The van der Waals surface area contributed by atoms with Crippen molar-refractivity contribution in [2.24, 2.45) is 0 Å². The van der Waals surface area contributed by atoms with Crippen molar-refractivity contribution in [3.8, 4) is 0 Å². The first-order valence-corrected chi connectivity index (χ1v) is 4.95. The summed E-state index contributed by atoms with van der Waals surface area (Å²) >= 11 is 0. The summed E-state index contributed by atoms with van der Waals surface area (Å²) in [6, 6.07) is 0. The molecule has 2 rings (SSSR count). The van der Waals surface area contributed by atoms with E-state index < -0.39 is 28.7 Å². The molecule has 5 heteroatoms. The fourth-order valence-corrected chi connectivity index (χ4v) is 1.97. The fourth-order valence-electron chi connectivity index (χ4n) is 1.97. The van der Waals surface area contributed by atoms with Gasteiger partial charge in [-0.3, -0.25) is 4.98 Å². The predicted molar refractivity (Wildman–Crippen MR) is 55.8 cm³/mol. The highest BCUT2D eigenvalue weighted by molar-refractivity contribution is 5.89. The lowest BCUT2D eigenvalue weighted by molar-refractivity contribution is 0.447. The van der Waals surface area contributed by atoms with Crippen molar-refractivity contribution in [1.82, 2.24) is 4.98 Å². The van der Waals surface area contributed by atoms with E-state index in [0.717, 1.165) is 0 Å². The van der Waals surface area contributed by atoms with Gasteiger partial charge in [-0.25, -0.2) is 17.6 Å². The number of aryl methyl sites for hydroxylation is 3. The third-order valence-electron chi connectivity index (χ3n) is 2.79. The molecule has 17 heavy (non-hydrogen) atoms. The number of hydrogen-bond acceptors (Lipinski definition) is 1. The van der Waals surface area contributed by atoms with E-state index in [4.69, 9.17) is 0 Å². The van der Waals surface area contributed by atoms with Crippen LogP contribution in [0, 0.1) is 44.0 Å². The van der Waals surface area contributed by atoms with Crippen LogP contribution >= 0.6 is 0 Å². The summed E-state index contributed by atoms with van der Waals surface area (Å²) in [6.45, 7) is 4.11. The Labute approximate surface area is 95.1 Å². The van der Waals surface area contributed by atoms with Crippen molar-refractivity contribution in [1.29, 1.82) is 0 Å². The quantitative estimate of drug-likeness (QED) is 0.507. The highest BCUT2D eigenvalue weighted by atomic mass is 19.2. The zero-order valence-electron chi connectivity index (χ0n) is 9.46. The standard InChI is InChI=1S/C12H9F4N/c1-4-7-5(2)17-6(3)10(14)8(7)11(15)12(16)9(4)13/h1-3H3. The van der Waals surface area contributed by atoms with E-state index in [2.05, 4.69) is 4.98 Å². The molecule has 0 spiro atoms. The van der Waals surface area contributed by atoms with E-state index in [-0.39, 0.29) is 22.3 Å². The highest BCUT2D eigenvalue weighted by Crippen LogP contribution is 2.31. The number of rotatable bonds is 0. The smallest absolute Gasteiger partial charge is 0.195 e. The Morgan fingerprint density at radius 3 is 1.82 bits per heavy atom. The van der Waals surface area contributed by atoms with E-state index in [1.54, 1.807) is 0 Å².